The zero-order valence-corrected chi connectivity index (χ0v) is 15.5. The van der Waals surface area contributed by atoms with Crippen LogP contribution in [-0.4, -0.2) is 45.0 Å². The van der Waals surface area contributed by atoms with Crippen molar-refractivity contribution < 1.29 is 14.1 Å². The average molecular weight is 375 g/mol. The first-order valence-corrected chi connectivity index (χ1v) is 8.53. The topological polar surface area (TPSA) is 110 Å². The lowest BCUT2D eigenvalue weighted by molar-refractivity contribution is -0.116. The Morgan fingerprint density at radius 3 is 2.77 bits per heavy atom. The number of nitrogens with one attached hydrogen (secondary N) is 1. The summed E-state index contributed by atoms with van der Waals surface area (Å²) in [4.78, 5) is 43.4. The molecule has 1 N–H and O–H groups in total. The molecule has 0 aliphatic rings. The van der Waals surface area contributed by atoms with Gasteiger partial charge in [0.05, 0.1) is 23.1 Å². The summed E-state index contributed by atoms with van der Waals surface area (Å²) in [5.41, 5.74) is 0.368. The number of fused-ring (bicyclic) bond motifs is 1. The Bertz CT molecular complexity index is 1060. The summed E-state index contributed by atoms with van der Waals surface area (Å²) in [7, 11) is 3.13. The van der Waals surface area contributed by atoms with Crippen LogP contribution in [-0.2, 0) is 11.8 Å². The van der Waals surface area contributed by atoms with E-state index in [-0.39, 0.29) is 18.0 Å². The summed E-state index contributed by atoms with van der Waals surface area (Å²) in [6, 6.07) is 1.58. The Kier molecular flexibility index (Phi) is 4.60. The number of aromatic nitrogens is 3. The van der Waals surface area contributed by atoms with Gasteiger partial charge in [-0.05, 0) is 19.4 Å². The standard InChI is InChI=1S/C16H17N5O4S/c1-8-5-10(19-25-8)18-11(22)6-20(3)16(24)13-9(2)12-14(26-13)17-7-21(4)15(12)23/h5,7H,6H2,1-4H3,(H,18,19,22). The fourth-order valence-corrected chi connectivity index (χ4v) is 3.62. The van der Waals surface area contributed by atoms with Crippen LogP contribution in [0.1, 0.15) is 21.0 Å². The van der Waals surface area contributed by atoms with Crippen LogP contribution in [0.15, 0.2) is 21.7 Å². The quantitative estimate of drug-likeness (QED) is 0.736. The van der Waals surface area contributed by atoms with Gasteiger partial charge in [0.1, 0.15) is 10.6 Å². The number of hydrogen-bond donors (Lipinski definition) is 1. The maximum Gasteiger partial charge on any atom is 0.264 e. The zero-order valence-electron chi connectivity index (χ0n) is 14.7. The van der Waals surface area contributed by atoms with Crippen LogP contribution >= 0.6 is 11.3 Å². The van der Waals surface area contributed by atoms with Gasteiger partial charge in [-0.15, -0.1) is 11.3 Å². The van der Waals surface area contributed by atoms with E-state index in [1.807, 2.05) is 0 Å². The number of nitrogens with zero attached hydrogens (tertiary/aromatic N) is 4. The molecule has 0 unspecified atom stereocenters. The molecule has 3 heterocycles. The first-order valence-electron chi connectivity index (χ1n) is 7.71. The second-order valence-corrected chi connectivity index (χ2v) is 6.93. The molecule has 2 amide bonds. The largest absolute Gasteiger partial charge is 0.360 e. The Hall–Kier alpha value is -3.01. The lowest BCUT2D eigenvalue weighted by atomic mass is 10.2. The summed E-state index contributed by atoms with van der Waals surface area (Å²) >= 11 is 1.14. The van der Waals surface area contributed by atoms with E-state index in [4.69, 9.17) is 4.52 Å². The molecule has 0 aliphatic carbocycles. The highest BCUT2D eigenvalue weighted by molar-refractivity contribution is 7.20. The summed E-state index contributed by atoms with van der Waals surface area (Å²) in [6.07, 6.45) is 1.42. The molecule has 3 rings (SSSR count). The van der Waals surface area contributed by atoms with Gasteiger partial charge in [-0.25, -0.2) is 4.98 Å². The number of likely N-dealkylation sites (N-methyl/N-ethyl adjacent to an activating group) is 1. The second kappa shape index (κ2) is 6.71. The number of amides is 2. The smallest absolute Gasteiger partial charge is 0.264 e. The molecule has 0 saturated carbocycles. The van der Waals surface area contributed by atoms with Crippen molar-refractivity contribution in [3.05, 3.63) is 38.9 Å². The van der Waals surface area contributed by atoms with E-state index >= 15 is 0 Å². The predicted octanol–water partition coefficient (Wildman–Crippen LogP) is 1.31. The summed E-state index contributed by atoms with van der Waals surface area (Å²) in [6.45, 7) is 3.26. The number of thiophene rings is 1. The van der Waals surface area contributed by atoms with Gasteiger partial charge in [0.25, 0.3) is 11.5 Å². The van der Waals surface area contributed by atoms with Gasteiger partial charge in [0.15, 0.2) is 5.82 Å². The number of anilines is 1. The minimum Gasteiger partial charge on any atom is -0.360 e. The van der Waals surface area contributed by atoms with Crippen LogP contribution in [0.2, 0.25) is 0 Å². The predicted molar refractivity (Wildman–Crippen MR) is 96.4 cm³/mol. The van der Waals surface area contributed by atoms with Crippen LogP contribution in [0.4, 0.5) is 5.82 Å². The van der Waals surface area contributed by atoms with Crippen LogP contribution in [0, 0.1) is 13.8 Å². The van der Waals surface area contributed by atoms with Gasteiger partial charge in [-0.2, -0.15) is 0 Å². The molecule has 3 aromatic heterocycles. The molecule has 26 heavy (non-hydrogen) atoms. The van der Waals surface area contributed by atoms with Gasteiger partial charge >= 0.3 is 0 Å². The van der Waals surface area contributed by atoms with Gasteiger partial charge < -0.3 is 19.3 Å². The van der Waals surface area contributed by atoms with Crippen LogP contribution in [0.3, 0.4) is 0 Å². The van der Waals surface area contributed by atoms with Crippen molar-refractivity contribution in [2.24, 2.45) is 7.05 Å². The lowest BCUT2D eigenvalue weighted by Crippen LogP contribution is -2.34. The Labute approximate surface area is 152 Å². The summed E-state index contributed by atoms with van der Waals surface area (Å²) in [5.74, 6) is 0.111. The molecule has 0 radical (unpaired) electrons. The molecule has 136 valence electrons. The van der Waals surface area contributed by atoms with E-state index in [2.05, 4.69) is 15.5 Å². The van der Waals surface area contributed by atoms with E-state index in [0.29, 0.717) is 32.2 Å². The molecule has 0 bridgehead atoms. The summed E-state index contributed by atoms with van der Waals surface area (Å²) in [5, 5.41) is 6.66. The van der Waals surface area contributed by atoms with E-state index in [1.54, 1.807) is 27.0 Å². The molecule has 0 aliphatic heterocycles. The molecule has 0 aromatic carbocycles. The monoisotopic (exact) mass is 375 g/mol. The molecule has 0 spiro atoms. The third kappa shape index (κ3) is 3.23. The van der Waals surface area contributed by atoms with Gasteiger partial charge in [0, 0.05) is 20.2 Å². The van der Waals surface area contributed by atoms with Crippen molar-refractivity contribution in [3.63, 3.8) is 0 Å². The van der Waals surface area contributed by atoms with Crippen molar-refractivity contribution in [2.45, 2.75) is 13.8 Å². The minimum absolute atomic E-state index is 0.163. The number of aryl methyl sites for hydroxylation is 3. The van der Waals surface area contributed by atoms with E-state index in [9.17, 15) is 14.4 Å². The molecule has 9 nitrogen and oxygen atoms in total. The van der Waals surface area contributed by atoms with Gasteiger partial charge in [0.2, 0.25) is 5.91 Å². The number of carbonyl (C=O) groups is 2. The number of carbonyl (C=O) groups excluding carboxylic acids is 2. The average Bonchev–Trinajstić information content (AvgIpc) is 3.13. The van der Waals surface area contributed by atoms with Crippen LogP contribution in [0.5, 0.6) is 0 Å². The minimum atomic E-state index is -0.401. The Morgan fingerprint density at radius 2 is 2.12 bits per heavy atom. The van der Waals surface area contributed by atoms with Crippen molar-refractivity contribution in [1.82, 2.24) is 19.6 Å². The van der Waals surface area contributed by atoms with Gasteiger partial charge in [-0.3, -0.25) is 14.4 Å². The molecule has 0 atom stereocenters. The lowest BCUT2D eigenvalue weighted by Gasteiger charge is -2.15. The maximum atomic E-state index is 12.7. The van der Waals surface area contributed by atoms with E-state index in [0.717, 1.165) is 11.3 Å². The fraction of sp³-hybridized carbons (Fsp3) is 0.312. The summed E-state index contributed by atoms with van der Waals surface area (Å²) < 4.78 is 6.24. The Balaban J connectivity index is 1.79. The first-order chi connectivity index (χ1) is 12.3. The molecule has 0 fully saturated rings. The fourth-order valence-electron chi connectivity index (χ4n) is 2.48. The molecule has 3 aromatic rings. The Morgan fingerprint density at radius 1 is 1.38 bits per heavy atom. The maximum absolute atomic E-state index is 12.7. The van der Waals surface area contributed by atoms with Crippen molar-refractivity contribution in [2.75, 3.05) is 18.9 Å². The van der Waals surface area contributed by atoms with Gasteiger partial charge in [-0.1, -0.05) is 5.16 Å². The molecular formula is C16H17N5O4S. The van der Waals surface area contributed by atoms with Crippen molar-refractivity contribution >= 4 is 39.2 Å². The highest BCUT2D eigenvalue weighted by atomic mass is 32.1. The molecule has 10 heteroatoms. The highest BCUT2D eigenvalue weighted by Gasteiger charge is 2.23. The van der Waals surface area contributed by atoms with E-state index in [1.165, 1.54) is 22.8 Å². The van der Waals surface area contributed by atoms with E-state index < -0.39 is 5.91 Å². The van der Waals surface area contributed by atoms with Crippen LogP contribution in [0.25, 0.3) is 10.2 Å². The van der Waals surface area contributed by atoms with Crippen molar-refractivity contribution in [3.8, 4) is 0 Å². The third-order valence-corrected chi connectivity index (χ3v) is 5.02. The van der Waals surface area contributed by atoms with Crippen molar-refractivity contribution in [1.29, 1.82) is 0 Å². The number of rotatable bonds is 4. The zero-order chi connectivity index (χ0) is 19.0. The third-order valence-electron chi connectivity index (χ3n) is 3.83. The normalized spacial score (nSPS) is 10.9. The molecular weight excluding hydrogens is 358 g/mol. The first kappa shape index (κ1) is 17.8. The van der Waals surface area contributed by atoms with Crippen LogP contribution < -0.4 is 10.9 Å². The SMILES string of the molecule is Cc1cc(NC(=O)CN(C)C(=O)c2sc3ncn(C)c(=O)c3c2C)no1. The highest BCUT2D eigenvalue weighted by Crippen LogP contribution is 2.27. The molecule has 0 saturated heterocycles. The number of hydrogen-bond acceptors (Lipinski definition) is 7. The second-order valence-electron chi connectivity index (χ2n) is 5.93.